The largest absolute Gasteiger partial charge is 0.287 e. The lowest BCUT2D eigenvalue weighted by Gasteiger charge is -2.07. The van der Waals surface area contributed by atoms with Crippen molar-refractivity contribution in [1.29, 1.82) is 5.26 Å². The molecular weight excluding hydrogens is 392 g/mol. The molecule has 0 saturated heterocycles. The monoisotopic (exact) mass is 403 g/mol. The fourth-order valence-electron chi connectivity index (χ4n) is 2.36. The Morgan fingerprint density at radius 2 is 1.86 bits per heavy atom. The van der Waals surface area contributed by atoms with Crippen LogP contribution in [0.3, 0.4) is 0 Å². The molecule has 3 aromatic rings. The van der Waals surface area contributed by atoms with Crippen LogP contribution in [0.4, 0.5) is 8.78 Å². The molecule has 2 aromatic carbocycles. The first-order chi connectivity index (χ1) is 13.2. The van der Waals surface area contributed by atoms with Crippen LogP contribution in [0.5, 0.6) is 0 Å². The number of nitriles is 1. The number of hydrogen-bond donors (Lipinski definition) is 1. The van der Waals surface area contributed by atoms with Gasteiger partial charge >= 0.3 is 0 Å². The zero-order valence-corrected chi connectivity index (χ0v) is 15.0. The van der Waals surface area contributed by atoms with Gasteiger partial charge in [0.1, 0.15) is 17.3 Å². The first-order valence-corrected chi connectivity index (χ1v) is 9.16. The highest BCUT2D eigenvalue weighted by molar-refractivity contribution is 7.90. The van der Waals surface area contributed by atoms with Gasteiger partial charge in [0.25, 0.3) is 15.9 Å². The quantitative estimate of drug-likeness (QED) is 0.710. The molecule has 28 heavy (non-hydrogen) atoms. The number of rotatable bonds is 4. The maximum Gasteiger partial charge on any atom is 0.287 e. The van der Waals surface area contributed by atoms with Crippen LogP contribution in [0.25, 0.3) is 5.69 Å². The van der Waals surface area contributed by atoms with E-state index >= 15 is 0 Å². The summed E-state index contributed by atoms with van der Waals surface area (Å²) in [5.41, 5.74) is -0.225. The summed E-state index contributed by atoms with van der Waals surface area (Å²) in [6.45, 7) is 1.40. The van der Waals surface area contributed by atoms with Gasteiger partial charge < -0.3 is 0 Å². The minimum atomic E-state index is -4.27. The highest BCUT2D eigenvalue weighted by Gasteiger charge is 2.24. The lowest BCUT2D eigenvalue weighted by atomic mass is 10.2. The molecule has 0 aliphatic rings. The highest BCUT2D eigenvalue weighted by atomic mass is 32.2. The van der Waals surface area contributed by atoms with Crippen LogP contribution in [-0.2, 0) is 10.0 Å². The van der Waals surface area contributed by atoms with Gasteiger partial charge in [-0.3, -0.25) is 4.79 Å². The maximum atomic E-state index is 14.2. The molecule has 0 unspecified atom stereocenters. The third-order valence-electron chi connectivity index (χ3n) is 3.77. The minimum absolute atomic E-state index is 0.0653. The Kier molecular flexibility index (Phi) is 4.89. The lowest BCUT2D eigenvalue weighted by Crippen LogP contribution is -2.31. The van der Waals surface area contributed by atoms with Gasteiger partial charge in [-0.1, -0.05) is 5.21 Å². The molecule has 1 heterocycles. The van der Waals surface area contributed by atoms with Crippen LogP contribution < -0.4 is 4.72 Å². The molecule has 0 atom stereocenters. The SMILES string of the molecule is Cc1c(C(=O)NS(=O)(=O)c2ccc(F)cc2)nnn1-c1ccc(C#N)cc1F. The van der Waals surface area contributed by atoms with Crippen molar-refractivity contribution in [2.24, 2.45) is 0 Å². The van der Waals surface area contributed by atoms with E-state index in [-0.39, 0.29) is 27.5 Å². The summed E-state index contributed by atoms with van der Waals surface area (Å²) in [7, 11) is -4.27. The van der Waals surface area contributed by atoms with Crippen molar-refractivity contribution in [1.82, 2.24) is 19.7 Å². The summed E-state index contributed by atoms with van der Waals surface area (Å²) in [4.78, 5) is 12.0. The minimum Gasteiger partial charge on any atom is -0.266 e. The molecule has 1 aromatic heterocycles. The standard InChI is InChI=1S/C17H11F2N5O3S/c1-10-16(17(25)22-28(26,27)13-5-3-12(18)4-6-13)21-23-24(10)15-7-2-11(9-20)8-14(15)19/h2-8H,1H3,(H,22,25). The number of carbonyl (C=O) groups excluding carboxylic acids is 1. The molecule has 1 N–H and O–H groups in total. The molecule has 0 saturated carbocycles. The van der Waals surface area contributed by atoms with Crippen LogP contribution in [0.15, 0.2) is 47.4 Å². The molecule has 0 aliphatic heterocycles. The highest BCUT2D eigenvalue weighted by Crippen LogP contribution is 2.18. The molecular formula is C17H11F2N5O3S. The van der Waals surface area contributed by atoms with E-state index in [1.54, 1.807) is 10.8 Å². The number of nitrogens with one attached hydrogen (secondary N) is 1. The zero-order chi connectivity index (χ0) is 20.5. The number of hydrogen-bond acceptors (Lipinski definition) is 6. The molecule has 0 fully saturated rings. The van der Waals surface area contributed by atoms with Crippen molar-refractivity contribution >= 4 is 15.9 Å². The number of aromatic nitrogens is 3. The Bertz CT molecular complexity index is 1210. The third kappa shape index (κ3) is 3.58. The van der Waals surface area contributed by atoms with Crippen LogP contribution in [0.1, 0.15) is 21.7 Å². The summed E-state index contributed by atoms with van der Waals surface area (Å²) in [6, 6.07) is 9.31. The van der Waals surface area contributed by atoms with E-state index in [2.05, 4.69) is 10.3 Å². The van der Waals surface area contributed by atoms with Crippen molar-refractivity contribution in [3.05, 3.63) is 71.1 Å². The summed E-state index contributed by atoms with van der Waals surface area (Å²) >= 11 is 0. The summed E-state index contributed by atoms with van der Waals surface area (Å²) < 4.78 is 54.4. The molecule has 142 valence electrons. The summed E-state index contributed by atoms with van der Waals surface area (Å²) in [5, 5.41) is 16.1. The second kappa shape index (κ2) is 7.16. The Hall–Kier alpha value is -3.65. The molecule has 8 nitrogen and oxygen atoms in total. The predicted molar refractivity (Wildman–Crippen MR) is 91.8 cm³/mol. The topological polar surface area (TPSA) is 118 Å². The van der Waals surface area contributed by atoms with Crippen molar-refractivity contribution in [3.8, 4) is 11.8 Å². The molecule has 0 spiro atoms. The first-order valence-electron chi connectivity index (χ1n) is 7.68. The summed E-state index contributed by atoms with van der Waals surface area (Å²) in [5.74, 6) is -2.48. The van der Waals surface area contributed by atoms with E-state index in [0.29, 0.717) is 0 Å². The van der Waals surface area contributed by atoms with Crippen LogP contribution in [-0.4, -0.2) is 29.3 Å². The average Bonchev–Trinajstić information content (AvgIpc) is 3.03. The van der Waals surface area contributed by atoms with Crippen molar-refractivity contribution in [2.75, 3.05) is 0 Å². The lowest BCUT2D eigenvalue weighted by molar-refractivity contribution is 0.0976. The number of halogens is 2. The predicted octanol–water partition coefficient (Wildman–Crippen LogP) is 1.84. The third-order valence-corrected chi connectivity index (χ3v) is 5.11. The van der Waals surface area contributed by atoms with E-state index in [1.165, 1.54) is 19.1 Å². The van der Waals surface area contributed by atoms with Gasteiger partial charge in [-0.25, -0.2) is 26.6 Å². The Morgan fingerprint density at radius 1 is 1.18 bits per heavy atom. The number of benzene rings is 2. The molecule has 0 aliphatic carbocycles. The molecule has 1 amide bonds. The number of nitrogens with zero attached hydrogens (tertiary/aromatic N) is 4. The molecule has 3 rings (SSSR count). The van der Waals surface area contributed by atoms with Gasteiger partial charge in [-0.05, 0) is 49.4 Å². The maximum absolute atomic E-state index is 14.2. The van der Waals surface area contributed by atoms with Gasteiger partial charge in [0.05, 0.1) is 22.2 Å². The second-order valence-electron chi connectivity index (χ2n) is 5.60. The van der Waals surface area contributed by atoms with Gasteiger partial charge in [0.15, 0.2) is 5.69 Å². The second-order valence-corrected chi connectivity index (χ2v) is 7.28. The zero-order valence-electron chi connectivity index (χ0n) is 14.2. The van der Waals surface area contributed by atoms with E-state index in [0.717, 1.165) is 35.0 Å². The van der Waals surface area contributed by atoms with Gasteiger partial charge in [-0.2, -0.15) is 5.26 Å². The normalized spacial score (nSPS) is 11.1. The van der Waals surface area contributed by atoms with E-state index in [4.69, 9.17) is 5.26 Å². The molecule has 0 bridgehead atoms. The Labute approximate surface area is 158 Å². The van der Waals surface area contributed by atoms with Crippen molar-refractivity contribution in [3.63, 3.8) is 0 Å². The molecule has 11 heteroatoms. The number of carbonyl (C=O) groups is 1. The fourth-order valence-corrected chi connectivity index (χ4v) is 3.31. The van der Waals surface area contributed by atoms with E-state index in [9.17, 15) is 22.0 Å². The van der Waals surface area contributed by atoms with Gasteiger partial charge in [0.2, 0.25) is 0 Å². The van der Waals surface area contributed by atoms with Crippen LogP contribution in [0, 0.1) is 29.9 Å². The van der Waals surface area contributed by atoms with Gasteiger partial charge in [-0.15, -0.1) is 5.10 Å². The number of amides is 1. The smallest absolute Gasteiger partial charge is 0.266 e. The van der Waals surface area contributed by atoms with E-state index in [1.807, 2.05) is 0 Å². The Morgan fingerprint density at radius 3 is 2.46 bits per heavy atom. The van der Waals surface area contributed by atoms with Crippen molar-refractivity contribution in [2.45, 2.75) is 11.8 Å². The average molecular weight is 403 g/mol. The fraction of sp³-hybridized carbons (Fsp3) is 0.0588. The number of sulfonamides is 1. The van der Waals surface area contributed by atoms with Crippen LogP contribution >= 0.6 is 0 Å². The van der Waals surface area contributed by atoms with Crippen molar-refractivity contribution < 1.29 is 22.0 Å². The summed E-state index contributed by atoms with van der Waals surface area (Å²) in [6.07, 6.45) is 0. The first kappa shape index (κ1) is 19.1. The molecule has 0 radical (unpaired) electrons. The van der Waals surface area contributed by atoms with Crippen LogP contribution in [0.2, 0.25) is 0 Å². The van der Waals surface area contributed by atoms with E-state index < -0.39 is 27.6 Å². The van der Waals surface area contributed by atoms with Gasteiger partial charge in [0, 0.05) is 0 Å². The Balaban J connectivity index is 1.90.